The molecule has 3 aromatic rings. The third-order valence-corrected chi connectivity index (χ3v) is 8.40. The van der Waals surface area contributed by atoms with Crippen molar-refractivity contribution in [2.24, 2.45) is 0 Å². The van der Waals surface area contributed by atoms with Crippen LogP contribution in [0.25, 0.3) is 11.3 Å². The Kier molecular flexibility index (Phi) is 8.42. The molecule has 7 nitrogen and oxygen atoms in total. The third kappa shape index (κ3) is 6.89. The zero-order valence-electron chi connectivity index (χ0n) is 19.7. The van der Waals surface area contributed by atoms with Crippen molar-refractivity contribution in [1.29, 1.82) is 0 Å². The molecule has 0 bridgehead atoms. The van der Waals surface area contributed by atoms with Crippen molar-refractivity contribution in [3.8, 4) is 17.1 Å². The number of halogens is 2. The highest BCUT2D eigenvalue weighted by Crippen LogP contribution is 2.32. The molecule has 4 rings (SSSR count). The summed E-state index contributed by atoms with van der Waals surface area (Å²) in [6.45, 7) is 2.00. The van der Waals surface area contributed by atoms with E-state index in [-0.39, 0.29) is 36.5 Å². The number of nitrogens with zero attached hydrogens (tertiary/aromatic N) is 1. The Morgan fingerprint density at radius 2 is 1.92 bits per heavy atom. The average molecular weight is 552 g/mol. The molecule has 36 heavy (non-hydrogen) atoms. The maximum Gasteiger partial charge on any atom is 0.159 e. The van der Waals surface area contributed by atoms with Crippen LogP contribution < -0.4 is 4.74 Å². The fourth-order valence-corrected chi connectivity index (χ4v) is 6.35. The molecule has 2 heterocycles. The first-order chi connectivity index (χ1) is 17.1. The molecule has 2 aromatic carbocycles. The number of ether oxygens (including phenoxy) is 1. The van der Waals surface area contributed by atoms with Gasteiger partial charge in [0, 0.05) is 28.7 Å². The van der Waals surface area contributed by atoms with Crippen molar-refractivity contribution in [2.75, 3.05) is 24.7 Å². The van der Waals surface area contributed by atoms with Crippen molar-refractivity contribution in [3.05, 3.63) is 76.0 Å². The number of carbonyl (C=O) groups is 1. The smallest absolute Gasteiger partial charge is 0.159 e. The van der Waals surface area contributed by atoms with Crippen LogP contribution in [-0.4, -0.2) is 61.0 Å². The van der Waals surface area contributed by atoms with Gasteiger partial charge in [0.15, 0.2) is 15.6 Å². The van der Waals surface area contributed by atoms with Gasteiger partial charge in [-0.1, -0.05) is 23.2 Å². The summed E-state index contributed by atoms with van der Waals surface area (Å²) in [5.74, 6) is 1.80. The van der Waals surface area contributed by atoms with E-state index < -0.39 is 15.9 Å². The van der Waals surface area contributed by atoms with Crippen LogP contribution in [0.5, 0.6) is 5.75 Å². The number of Topliss-reactive ketones (excluding diaryl/α,β-unsaturated/α-hetero) is 1. The highest BCUT2D eigenvalue weighted by atomic mass is 35.5. The summed E-state index contributed by atoms with van der Waals surface area (Å²) in [5, 5.41) is 11.7. The van der Waals surface area contributed by atoms with Crippen molar-refractivity contribution in [2.45, 2.75) is 32.0 Å². The van der Waals surface area contributed by atoms with Gasteiger partial charge in [-0.3, -0.25) is 9.69 Å². The first-order valence-corrected chi connectivity index (χ1v) is 14.1. The summed E-state index contributed by atoms with van der Waals surface area (Å²) in [6, 6.07) is 15.2. The van der Waals surface area contributed by atoms with Crippen molar-refractivity contribution in [1.82, 2.24) is 4.90 Å². The van der Waals surface area contributed by atoms with Crippen LogP contribution in [0.3, 0.4) is 0 Å². The van der Waals surface area contributed by atoms with Crippen LogP contribution in [0.4, 0.5) is 0 Å². The molecule has 0 saturated carbocycles. The second kappa shape index (κ2) is 11.4. The van der Waals surface area contributed by atoms with Gasteiger partial charge in [-0.2, -0.15) is 0 Å². The summed E-state index contributed by atoms with van der Waals surface area (Å²) in [7, 11) is -3.13. The van der Waals surface area contributed by atoms with Gasteiger partial charge in [-0.15, -0.1) is 0 Å². The predicted octanol–water partition coefficient (Wildman–Crippen LogP) is 4.89. The lowest BCUT2D eigenvalue weighted by Gasteiger charge is -2.29. The normalized spacial score (nSPS) is 17.9. The average Bonchev–Trinajstić information content (AvgIpc) is 3.45. The van der Waals surface area contributed by atoms with Crippen LogP contribution in [0, 0.1) is 0 Å². The van der Waals surface area contributed by atoms with Crippen LogP contribution >= 0.6 is 23.2 Å². The topological polar surface area (TPSA) is 97.1 Å². The van der Waals surface area contributed by atoms with Gasteiger partial charge in [0.2, 0.25) is 0 Å². The molecular weight excluding hydrogens is 525 g/mol. The summed E-state index contributed by atoms with van der Waals surface area (Å²) in [6.07, 6.45) is -0.395. The van der Waals surface area contributed by atoms with Gasteiger partial charge in [0.1, 0.15) is 30.0 Å². The highest BCUT2D eigenvalue weighted by molar-refractivity contribution is 7.91. The van der Waals surface area contributed by atoms with Gasteiger partial charge in [0.05, 0.1) is 23.1 Å². The molecule has 0 aliphatic carbocycles. The van der Waals surface area contributed by atoms with Gasteiger partial charge in [-0.05, 0) is 67.9 Å². The van der Waals surface area contributed by atoms with E-state index in [1.807, 2.05) is 11.0 Å². The van der Waals surface area contributed by atoms with Gasteiger partial charge < -0.3 is 14.3 Å². The Hall–Kier alpha value is -2.36. The van der Waals surface area contributed by atoms with E-state index in [2.05, 4.69) is 0 Å². The van der Waals surface area contributed by atoms with Gasteiger partial charge in [-0.25, -0.2) is 8.42 Å². The molecular formula is C26H27Cl2NO6S. The standard InChI is InChI=1S/C26H27Cl2NO6S/c1-17(30)18-2-5-22(6-3-18)34-15-21(31)13-29(20-10-11-36(32,33)16-20)14-23-7-9-26(35-23)24-12-19(27)4-8-25(24)28/h2-9,12,20-21,31H,10-11,13-16H2,1H3. The number of benzene rings is 2. The molecule has 0 amide bonds. The van der Waals surface area contributed by atoms with Crippen LogP contribution in [0.1, 0.15) is 29.5 Å². The molecule has 1 N–H and O–H groups in total. The first kappa shape index (κ1) is 26.7. The molecule has 2 unspecified atom stereocenters. The molecule has 1 aliphatic rings. The van der Waals surface area contributed by atoms with E-state index in [9.17, 15) is 18.3 Å². The zero-order valence-corrected chi connectivity index (χ0v) is 22.0. The summed E-state index contributed by atoms with van der Waals surface area (Å²) in [4.78, 5) is 13.3. The molecule has 192 valence electrons. The Morgan fingerprint density at radius 1 is 1.17 bits per heavy atom. The Balaban J connectivity index is 1.44. The Morgan fingerprint density at radius 3 is 2.58 bits per heavy atom. The number of hydrogen-bond acceptors (Lipinski definition) is 7. The first-order valence-electron chi connectivity index (χ1n) is 11.5. The van der Waals surface area contributed by atoms with E-state index >= 15 is 0 Å². The number of carbonyl (C=O) groups excluding carboxylic acids is 1. The van der Waals surface area contributed by atoms with E-state index in [1.54, 1.807) is 48.5 Å². The van der Waals surface area contributed by atoms with Crippen LogP contribution in [0.15, 0.2) is 59.0 Å². The molecule has 0 radical (unpaired) electrons. The van der Waals surface area contributed by atoms with Gasteiger partial charge in [0.25, 0.3) is 0 Å². The predicted molar refractivity (Wildman–Crippen MR) is 140 cm³/mol. The minimum Gasteiger partial charge on any atom is -0.491 e. The minimum atomic E-state index is -3.13. The molecule has 2 atom stereocenters. The number of furan rings is 1. The molecule has 1 aromatic heterocycles. The number of sulfone groups is 1. The lowest BCUT2D eigenvalue weighted by atomic mass is 10.1. The van der Waals surface area contributed by atoms with E-state index in [0.29, 0.717) is 51.4 Å². The molecule has 1 fully saturated rings. The second-order valence-electron chi connectivity index (χ2n) is 8.92. The van der Waals surface area contributed by atoms with E-state index in [1.165, 1.54) is 6.92 Å². The maximum atomic E-state index is 12.1. The van der Waals surface area contributed by atoms with Crippen molar-refractivity contribution < 1.29 is 27.5 Å². The monoisotopic (exact) mass is 551 g/mol. The zero-order chi connectivity index (χ0) is 25.9. The van der Waals surface area contributed by atoms with Crippen LogP contribution in [0.2, 0.25) is 10.0 Å². The fourth-order valence-electron chi connectivity index (χ4n) is 4.20. The quantitative estimate of drug-likeness (QED) is 0.358. The van der Waals surface area contributed by atoms with E-state index in [4.69, 9.17) is 32.4 Å². The molecule has 10 heteroatoms. The third-order valence-electron chi connectivity index (χ3n) is 6.09. The number of rotatable bonds is 10. The van der Waals surface area contributed by atoms with E-state index in [0.717, 1.165) is 0 Å². The molecule has 0 spiro atoms. The number of aliphatic hydroxyl groups is 1. The highest BCUT2D eigenvalue weighted by Gasteiger charge is 2.33. The summed E-state index contributed by atoms with van der Waals surface area (Å²) < 4.78 is 36.0. The SMILES string of the molecule is CC(=O)c1ccc(OCC(O)CN(Cc2ccc(-c3cc(Cl)ccc3Cl)o2)C2CCS(=O)(=O)C2)cc1. The van der Waals surface area contributed by atoms with Gasteiger partial charge >= 0.3 is 0 Å². The van der Waals surface area contributed by atoms with Crippen molar-refractivity contribution >= 4 is 38.8 Å². The summed E-state index contributed by atoms with van der Waals surface area (Å²) >= 11 is 12.4. The Labute approximate surface area is 220 Å². The van der Waals surface area contributed by atoms with Crippen LogP contribution in [-0.2, 0) is 16.4 Å². The molecule has 1 aliphatic heterocycles. The maximum absolute atomic E-state index is 12.1. The largest absolute Gasteiger partial charge is 0.491 e. The number of ketones is 1. The second-order valence-corrected chi connectivity index (χ2v) is 12.0. The Bertz CT molecular complexity index is 1320. The fraction of sp³-hybridized carbons (Fsp3) is 0.346. The summed E-state index contributed by atoms with van der Waals surface area (Å²) in [5.41, 5.74) is 1.24. The number of aliphatic hydroxyl groups excluding tert-OH is 1. The lowest BCUT2D eigenvalue weighted by Crippen LogP contribution is -2.42. The number of hydrogen-bond donors (Lipinski definition) is 1. The lowest BCUT2D eigenvalue weighted by molar-refractivity contribution is 0.0498. The molecule has 1 saturated heterocycles. The van der Waals surface area contributed by atoms with Crippen molar-refractivity contribution in [3.63, 3.8) is 0 Å². The minimum absolute atomic E-state index is 0.0108.